The molecular formula is C14H20N4OS2. The van der Waals surface area contributed by atoms with Gasteiger partial charge in [-0.15, -0.1) is 11.3 Å². The molecule has 2 heterocycles. The summed E-state index contributed by atoms with van der Waals surface area (Å²) in [5.74, 6) is 0.859. The number of carbonyl (C=O) groups excluding carboxylic acids is 1. The molecule has 1 aromatic heterocycles. The Morgan fingerprint density at radius 1 is 1.48 bits per heavy atom. The maximum absolute atomic E-state index is 12.2. The van der Waals surface area contributed by atoms with Crippen molar-refractivity contribution < 1.29 is 4.79 Å². The van der Waals surface area contributed by atoms with E-state index in [9.17, 15) is 10.1 Å². The summed E-state index contributed by atoms with van der Waals surface area (Å²) in [6.07, 6.45) is 0. The van der Waals surface area contributed by atoms with Gasteiger partial charge in [-0.25, -0.2) is 0 Å². The number of thiophene rings is 1. The molecule has 0 radical (unpaired) electrons. The van der Waals surface area contributed by atoms with Crippen molar-refractivity contribution in [2.45, 2.75) is 18.6 Å². The van der Waals surface area contributed by atoms with E-state index >= 15 is 0 Å². The first-order chi connectivity index (χ1) is 9.76. The molecule has 0 unspecified atom stereocenters. The quantitative estimate of drug-likeness (QED) is 0.903. The summed E-state index contributed by atoms with van der Waals surface area (Å²) in [7, 11) is 3.38. The van der Waals surface area contributed by atoms with Crippen molar-refractivity contribution >= 4 is 39.7 Å². The minimum Gasteiger partial charge on any atom is -0.396 e. The highest BCUT2D eigenvalue weighted by molar-refractivity contribution is 8.00. The van der Waals surface area contributed by atoms with Crippen LogP contribution in [0.1, 0.15) is 29.1 Å². The van der Waals surface area contributed by atoms with Crippen LogP contribution in [0.15, 0.2) is 0 Å². The standard InChI is InChI=1S/C14H20N4OS2/c1-14(2)8-18(5-6-20-14)13-9(7-15)10(16)11(21-13)12(19)17(3)4/h5-6,8,16H2,1-4H3. The number of hydrogen-bond donors (Lipinski definition) is 1. The van der Waals surface area contributed by atoms with Gasteiger partial charge in [0.25, 0.3) is 5.91 Å². The highest BCUT2D eigenvalue weighted by Crippen LogP contribution is 2.41. The highest BCUT2D eigenvalue weighted by Gasteiger charge is 2.31. The highest BCUT2D eigenvalue weighted by atomic mass is 32.2. The number of anilines is 2. The van der Waals surface area contributed by atoms with Crippen LogP contribution in [0.25, 0.3) is 0 Å². The summed E-state index contributed by atoms with van der Waals surface area (Å²) in [6, 6.07) is 2.17. The van der Waals surface area contributed by atoms with Crippen molar-refractivity contribution in [3.63, 3.8) is 0 Å². The summed E-state index contributed by atoms with van der Waals surface area (Å²) in [6.45, 7) is 6.11. The number of nitrogen functional groups attached to an aromatic ring is 1. The third kappa shape index (κ3) is 3.11. The minimum absolute atomic E-state index is 0.134. The second kappa shape index (κ2) is 5.78. The van der Waals surface area contributed by atoms with Gasteiger partial charge in [-0.1, -0.05) is 0 Å². The Hall–Kier alpha value is -1.39. The number of nitrogens with zero attached hydrogens (tertiary/aromatic N) is 3. The maximum atomic E-state index is 12.2. The van der Waals surface area contributed by atoms with Gasteiger partial charge in [0, 0.05) is 37.7 Å². The van der Waals surface area contributed by atoms with Gasteiger partial charge in [0.05, 0.1) is 5.69 Å². The topological polar surface area (TPSA) is 73.4 Å². The number of thioether (sulfide) groups is 1. The summed E-state index contributed by atoms with van der Waals surface area (Å²) in [4.78, 5) is 16.3. The molecule has 2 N–H and O–H groups in total. The van der Waals surface area contributed by atoms with Crippen molar-refractivity contribution in [3.05, 3.63) is 10.4 Å². The molecule has 1 aromatic rings. The zero-order chi connectivity index (χ0) is 15.8. The first kappa shape index (κ1) is 16.0. The van der Waals surface area contributed by atoms with Crippen LogP contribution in [0, 0.1) is 11.3 Å². The monoisotopic (exact) mass is 324 g/mol. The van der Waals surface area contributed by atoms with Crippen molar-refractivity contribution in [1.82, 2.24) is 4.90 Å². The zero-order valence-corrected chi connectivity index (χ0v) is 14.4. The van der Waals surface area contributed by atoms with Gasteiger partial charge in [0.1, 0.15) is 21.5 Å². The van der Waals surface area contributed by atoms with Crippen molar-refractivity contribution in [1.29, 1.82) is 5.26 Å². The SMILES string of the molecule is CN(C)C(=O)c1sc(N2CCSC(C)(C)C2)c(C#N)c1N. The summed E-state index contributed by atoms with van der Waals surface area (Å²) < 4.78 is 0.134. The molecule has 1 fully saturated rings. The molecule has 0 saturated carbocycles. The zero-order valence-electron chi connectivity index (χ0n) is 12.8. The van der Waals surface area contributed by atoms with Crippen LogP contribution in [0.3, 0.4) is 0 Å². The van der Waals surface area contributed by atoms with E-state index in [0.717, 1.165) is 23.8 Å². The second-order valence-electron chi connectivity index (χ2n) is 5.87. The summed E-state index contributed by atoms with van der Waals surface area (Å²) in [5.41, 5.74) is 6.79. The average molecular weight is 324 g/mol. The average Bonchev–Trinajstić information content (AvgIpc) is 2.73. The molecule has 0 aliphatic carbocycles. The van der Waals surface area contributed by atoms with E-state index in [4.69, 9.17) is 5.73 Å². The fourth-order valence-corrected chi connectivity index (χ4v) is 4.64. The number of carbonyl (C=O) groups is 1. The van der Waals surface area contributed by atoms with Gasteiger partial charge in [-0.2, -0.15) is 17.0 Å². The van der Waals surface area contributed by atoms with Gasteiger partial charge in [0.2, 0.25) is 0 Å². The second-order valence-corrected chi connectivity index (χ2v) is 8.67. The Morgan fingerprint density at radius 3 is 2.67 bits per heavy atom. The lowest BCUT2D eigenvalue weighted by Gasteiger charge is -2.38. The van der Waals surface area contributed by atoms with Crippen molar-refractivity contribution in [3.8, 4) is 6.07 Å². The molecule has 0 atom stereocenters. The molecule has 1 aliphatic rings. The Balaban J connectivity index is 2.43. The molecule has 0 bridgehead atoms. The molecule has 114 valence electrons. The number of amides is 1. The first-order valence-electron chi connectivity index (χ1n) is 6.70. The van der Waals surface area contributed by atoms with Crippen LogP contribution < -0.4 is 10.6 Å². The molecule has 21 heavy (non-hydrogen) atoms. The predicted octanol–water partition coefficient (Wildman–Crippen LogP) is 2.24. The van der Waals surface area contributed by atoms with Gasteiger partial charge in [0.15, 0.2) is 0 Å². The van der Waals surface area contributed by atoms with E-state index in [1.807, 2.05) is 11.8 Å². The number of nitriles is 1. The molecule has 1 amide bonds. The van der Waals surface area contributed by atoms with Crippen molar-refractivity contribution in [2.75, 3.05) is 43.6 Å². The number of nitrogens with two attached hydrogens (primary N) is 1. The molecule has 2 rings (SSSR count). The predicted molar refractivity (Wildman–Crippen MR) is 90.2 cm³/mol. The molecular weight excluding hydrogens is 304 g/mol. The Morgan fingerprint density at radius 2 is 2.14 bits per heavy atom. The molecule has 0 spiro atoms. The van der Waals surface area contributed by atoms with Crippen LogP contribution >= 0.6 is 23.1 Å². The molecule has 0 aromatic carbocycles. The van der Waals surface area contributed by atoms with Crippen LogP contribution in [-0.4, -0.2) is 48.5 Å². The van der Waals surface area contributed by atoms with E-state index in [1.54, 1.807) is 14.1 Å². The van der Waals surface area contributed by atoms with Crippen LogP contribution in [0.2, 0.25) is 0 Å². The van der Waals surface area contributed by atoms with Gasteiger partial charge in [-0.3, -0.25) is 4.79 Å². The summed E-state index contributed by atoms with van der Waals surface area (Å²) >= 11 is 3.26. The van der Waals surface area contributed by atoms with E-state index in [0.29, 0.717) is 16.1 Å². The lowest BCUT2D eigenvalue weighted by Crippen LogP contribution is -2.43. The fourth-order valence-electron chi connectivity index (χ4n) is 2.31. The fraction of sp³-hybridized carbons (Fsp3) is 0.571. The van der Waals surface area contributed by atoms with Gasteiger partial charge in [-0.05, 0) is 13.8 Å². The Kier molecular flexibility index (Phi) is 4.40. The number of rotatable bonds is 2. The van der Waals surface area contributed by atoms with Gasteiger partial charge >= 0.3 is 0 Å². The largest absolute Gasteiger partial charge is 0.396 e. The van der Waals surface area contributed by atoms with E-state index in [-0.39, 0.29) is 10.7 Å². The van der Waals surface area contributed by atoms with E-state index in [2.05, 4.69) is 24.8 Å². The third-order valence-electron chi connectivity index (χ3n) is 3.35. The Labute approximate surface area is 133 Å². The summed E-state index contributed by atoms with van der Waals surface area (Å²) in [5, 5.41) is 10.2. The first-order valence-corrected chi connectivity index (χ1v) is 8.50. The maximum Gasteiger partial charge on any atom is 0.265 e. The Bertz CT molecular complexity index is 601. The number of hydrogen-bond acceptors (Lipinski definition) is 6. The smallest absolute Gasteiger partial charge is 0.265 e. The third-order valence-corrected chi connectivity index (χ3v) is 5.90. The van der Waals surface area contributed by atoms with Gasteiger partial charge < -0.3 is 15.5 Å². The van der Waals surface area contributed by atoms with Crippen LogP contribution in [0.4, 0.5) is 10.7 Å². The van der Waals surface area contributed by atoms with Crippen molar-refractivity contribution in [2.24, 2.45) is 0 Å². The van der Waals surface area contributed by atoms with Crippen LogP contribution in [-0.2, 0) is 0 Å². The van der Waals surface area contributed by atoms with E-state index < -0.39 is 0 Å². The molecule has 1 saturated heterocycles. The lowest BCUT2D eigenvalue weighted by molar-refractivity contribution is 0.0833. The van der Waals surface area contributed by atoms with Crippen LogP contribution in [0.5, 0.6) is 0 Å². The minimum atomic E-state index is -0.147. The lowest BCUT2D eigenvalue weighted by atomic mass is 10.1. The normalized spacial score (nSPS) is 17.4. The van der Waals surface area contributed by atoms with E-state index in [1.165, 1.54) is 16.2 Å². The molecule has 7 heteroatoms. The molecule has 1 aliphatic heterocycles. The molecule has 5 nitrogen and oxygen atoms in total.